The molecule has 0 aliphatic heterocycles. The number of halogens is 3. The Balaban J connectivity index is 3.53. The molecule has 0 atom stereocenters. The van der Waals surface area contributed by atoms with Crippen LogP contribution in [0, 0.1) is 18.6 Å². The summed E-state index contributed by atoms with van der Waals surface area (Å²) in [4.78, 5) is 0. The van der Waals surface area contributed by atoms with E-state index in [-0.39, 0.29) is 0 Å². The van der Waals surface area contributed by atoms with Gasteiger partial charge in [-0.05, 0) is 23.7 Å². The first-order valence-electron chi connectivity index (χ1n) is 4.39. The largest absolute Gasteiger partial charge is 0.204 e. The van der Waals surface area contributed by atoms with Crippen LogP contribution >= 0.6 is 15.9 Å². The Morgan fingerprint density at radius 2 is 1.64 bits per heavy atom. The van der Waals surface area contributed by atoms with Crippen LogP contribution in [0.4, 0.5) is 8.78 Å². The van der Waals surface area contributed by atoms with Crippen molar-refractivity contribution in [2.75, 3.05) is 0 Å². The third kappa shape index (κ3) is 2.06. The summed E-state index contributed by atoms with van der Waals surface area (Å²) in [6.07, 6.45) is 0. The lowest BCUT2D eigenvalue weighted by Crippen LogP contribution is -2.41. The van der Waals surface area contributed by atoms with E-state index < -0.39 is 19.7 Å². The maximum absolute atomic E-state index is 13.6. The van der Waals surface area contributed by atoms with Gasteiger partial charge >= 0.3 is 0 Å². The predicted molar refractivity (Wildman–Crippen MR) is 61.8 cm³/mol. The summed E-state index contributed by atoms with van der Waals surface area (Å²) >= 11 is 3.30. The molecule has 4 heteroatoms. The van der Waals surface area contributed by atoms with Crippen molar-refractivity contribution in [3.63, 3.8) is 0 Å². The summed E-state index contributed by atoms with van der Waals surface area (Å²) in [6.45, 7) is 7.54. The molecule has 0 radical (unpaired) electrons. The Labute approximate surface area is 92.5 Å². The van der Waals surface area contributed by atoms with Gasteiger partial charge in [-0.2, -0.15) is 0 Å². The lowest BCUT2D eigenvalue weighted by Gasteiger charge is -2.20. The van der Waals surface area contributed by atoms with Crippen molar-refractivity contribution >= 4 is 29.2 Å². The Morgan fingerprint density at radius 1 is 1.14 bits per heavy atom. The molecule has 0 nitrogen and oxygen atoms in total. The summed E-state index contributed by atoms with van der Waals surface area (Å²) in [5, 5.41) is 0.528. The lowest BCUT2D eigenvalue weighted by atomic mass is 10.2. The van der Waals surface area contributed by atoms with Gasteiger partial charge in [0.05, 0.1) is 8.07 Å². The molecule has 0 saturated carbocycles. The van der Waals surface area contributed by atoms with Crippen LogP contribution in [-0.2, 0) is 0 Å². The fourth-order valence-electron chi connectivity index (χ4n) is 1.40. The van der Waals surface area contributed by atoms with Crippen LogP contribution in [0.25, 0.3) is 0 Å². The monoisotopic (exact) mass is 278 g/mol. The zero-order valence-electron chi connectivity index (χ0n) is 8.71. The fourth-order valence-corrected chi connectivity index (χ4v) is 5.26. The van der Waals surface area contributed by atoms with Gasteiger partial charge in [0.15, 0.2) is 11.6 Å². The molecule has 0 aliphatic carbocycles. The van der Waals surface area contributed by atoms with Gasteiger partial charge in [-0.3, -0.25) is 0 Å². The molecule has 14 heavy (non-hydrogen) atoms. The molecule has 0 fully saturated rings. The zero-order valence-corrected chi connectivity index (χ0v) is 11.3. The Bertz CT molecular complexity index is 369. The van der Waals surface area contributed by atoms with Crippen molar-refractivity contribution in [3.05, 3.63) is 27.7 Å². The number of benzene rings is 1. The number of rotatable bonds is 1. The van der Waals surface area contributed by atoms with Crippen molar-refractivity contribution in [2.24, 2.45) is 0 Å². The molecular weight excluding hydrogens is 266 g/mol. The van der Waals surface area contributed by atoms with E-state index in [4.69, 9.17) is 0 Å². The minimum Gasteiger partial charge on any atom is -0.204 e. The quantitative estimate of drug-likeness (QED) is 0.544. The maximum atomic E-state index is 13.6. The van der Waals surface area contributed by atoms with Gasteiger partial charge in [0, 0.05) is 4.47 Å². The van der Waals surface area contributed by atoms with E-state index >= 15 is 0 Å². The van der Waals surface area contributed by atoms with Gasteiger partial charge in [-0.25, -0.2) is 8.78 Å². The molecule has 0 unspecified atom stereocenters. The molecule has 1 aromatic rings. The van der Waals surface area contributed by atoms with Gasteiger partial charge in [0.25, 0.3) is 0 Å². The first-order chi connectivity index (χ1) is 6.25. The third-order valence-electron chi connectivity index (χ3n) is 2.09. The molecule has 1 aromatic carbocycles. The smallest absolute Gasteiger partial charge is 0.161 e. The summed E-state index contributed by atoms with van der Waals surface area (Å²) in [7, 11) is -1.84. The van der Waals surface area contributed by atoms with Crippen molar-refractivity contribution in [1.82, 2.24) is 0 Å². The van der Waals surface area contributed by atoms with Crippen molar-refractivity contribution in [2.45, 2.75) is 26.6 Å². The van der Waals surface area contributed by atoms with E-state index in [1.54, 1.807) is 13.0 Å². The van der Waals surface area contributed by atoms with Crippen LogP contribution in [0.1, 0.15) is 5.56 Å². The zero-order chi connectivity index (χ0) is 11.1. The van der Waals surface area contributed by atoms with Crippen LogP contribution in [0.3, 0.4) is 0 Å². The molecule has 0 N–H and O–H groups in total. The Morgan fingerprint density at radius 3 is 2.07 bits per heavy atom. The minimum absolute atomic E-state index is 0.344. The summed E-state index contributed by atoms with van der Waals surface area (Å²) in [6, 6.07) is 1.64. The van der Waals surface area contributed by atoms with E-state index in [9.17, 15) is 8.78 Å². The second-order valence-corrected chi connectivity index (χ2v) is 10.3. The first-order valence-corrected chi connectivity index (χ1v) is 8.69. The molecule has 0 heterocycles. The predicted octanol–water partition coefficient (Wildman–Crippen LogP) is 3.58. The van der Waals surface area contributed by atoms with Gasteiger partial charge in [-0.15, -0.1) is 0 Å². The number of hydrogen-bond donors (Lipinski definition) is 0. The van der Waals surface area contributed by atoms with Crippen molar-refractivity contribution in [3.8, 4) is 0 Å². The third-order valence-corrected chi connectivity index (χ3v) is 5.07. The highest BCUT2D eigenvalue weighted by atomic mass is 79.9. The van der Waals surface area contributed by atoms with Crippen LogP contribution < -0.4 is 5.19 Å². The molecule has 0 spiro atoms. The Kier molecular flexibility index (Phi) is 3.16. The highest BCUT2D eigenvalue weighted by molar-refractivity contribution is 9.10. The normalized spacial score (nSPS) is 11.9. The topological polar surface area (TPSA) is 0 Å². The highest BCUT2D eigenvalue weighted by Gasteiger charge is 2.26. The fraction of sp³-hybridized carbons (Fsp3) is 0.400. The van der Waals surface area contributed by atoms with Gasteiger partial charge in [-0.1, -0.05) is 35.6 Å². The highest BCUT2D eigenvalue weighted by Crippen LogP contribution is 2.20. The van der Waals surface area contributed by atoms with E-state index in [1.807, 2.05) is 19.6 Å². The van der Waals surface area contributed by atoms with Gasteiger partial charge in [0.1, 0.15) is 0 Å². The van der Waals surface area contributed by atoms with Crippen molar-refractivity contribution < 1.29 is 8.78 Å². The first kappa shape index (κ1) is 11.8. The maximum Gasteiger partial charge on any atom is 0.161 e. The minimum atomic E-state index is -1.84. The summed E-state index contributed by atoms with van der Waals surface area (Å²) in [5.74, 6) is -1.40. The second-order valence-electron chi connectivity index (χ2n) is 4.43. The lowest BCUT2D eigenvalue weighted by molar-refractivity contribution is 0.507. The molecule has 1 rings (SSSR count). The average Bonchev–Trinajstić information content (AvgIpc) is 1.97. The Hall–Kier alpha value is -0.223. The van der Waals surface area contributed by atoms with Crippen LogP contribution in [0.5, 0.6) is 0 Å². The van der Waals surface area contributed by atoms with E-state index in [0.29, 0.717) is 15.2 Å². The van der Waals surface area contributed by atoms with Crippen LogP contribution in [-0.4, -0.2) is 8.07 Å². The van der Waals surface area contributed by atoms with E-state index in [0.717, 1.165) is 0 Å². The molecule has 0 bridgehead atoms. The molecular formula is C10H13BrF2Si. The molecule has 78 valence electrons. The van der Waals surface area contributed by atoms with Crippen LogP contribution in [0.15, 0.2) is 10.5 Å². The van der Waals surface area contributed by atoms with E-state index in [1.165, 1.54) is 0 Å². The van der Waals surface area contributed by atoms with E-state index in [2.05, 4.69) is 15.9 Å². The molecule has 0 amide bonds. The second kappa shape index (κ2) is 3.74. The summed E-state index contributed by atoms with van der Waals surface area (Å²) < 4.78 is 27.7. The van der Waals surface area contributed by atoms with Gasteiger partial charge in [0.2, 0.25) is 0 Å². The van der Waals surface area contributed by atoms with Gasteiger partial charge < -0.3 is 0 Å². The molecule has 0 saturated heterocycles. The van der Waals surface area contributed by atoms with Crippen molar-refractivity contribution in [1.29, 1.82) is 0 Å². The summed E-state index contributed by atoms with van der Waals surface area (Å²) in [5.41, 5.74) is 0.344. The molecule has 0 aliphatic rings. The average molecular weight is 279 g/mol. The molecule has 0 aromatic heterocycles. The van der Waals surface area contributed by atoms with Crippen LogP contribution in [0.2, 0.25) is 19.6 Å². The SMILES string of the molecule is Cc1cc(Br)c([Si](C)(C)C)c(F)c1F. The number of hydrogen-bond acceptors (Lipinski definition) is 0. The standard InChI is InChI=1S/C10H13BrF2Si/c1-6-5-7(11)10(14(2,3)4)9(13)8(6)12/h5H,1-4H3. The number of aryl methyl sites for hydroxylation is 1.